The van der Waals surface area contributed by atoms with Crippen molar-refractivity contribution in [2.75, 3.05) is 44.7 Å². The number of anilines is 1. The van der Waals surface area contributed by atoms with E-state index in [1.54, 1.807) is 18.9 Å². The van der Waals surface area contributed by atoms with Gasteiger partial charge in [0.15, 0.2) is 6.10 Å². The maximum Gasteiger partial charge on any atom is 0.267 e. The van der Waals surface area contributed by atoms with Crippen molar-refractivity contribution in [1.29, 1.82) is 0 Å². The number of rotatable bonds is 6. The number of piperazine rings is 1. The molecule has 1 atom stereocenters. The van der Waals surface area contributed by atoms with Crippen LogP contribution in [0.5, 0.6) is 11.5 Å². The van der Waals surface area contributed by atoms with Crippen molar-refractivity contribution in [2.24, 2.45) is 0 Å². The predicted octanol–water partition coefficient (Wildman–Crippen LogP) is 2.54. The fourth-order valence-corrected chi connectivity index (χ4v) is 4.10. The molecule has 2 amide bonds. The highest BCUT2D eigenvalue weighted by atomic mass is 16.5. The standard InChI is InChI=1S/C24H29N3O4/c1-18-24(29)27(21-5-3-4-6-22(21)31-18)12-11-23(28)26-15-13-25(14-16-26)17-19-7-9-20(30-2)10-8-19/h3-10,18H,11-17H2,1-2H3. The van der Waals surface area contributed by atoms with Gasteiger partial charge >= 0.3 is 0 Å². The van der Waals surface area contributed by atoms with E-state index in [-0.39, 0.29) is 11.8 Å². The monoisotopic (exact) mass is 423 g/mol. The number of amides is 2. The molecule has 31 heavy (non-hydrogen) atoms. The highest BCUT2D eigenvalue weighted by Crippen LogP contribution is 2.33. The van der Waals surface area contributed by atoms with Crippen LogP contribution in [-0.4, -0.2) is 67.6 Å². The van der Waals surface area contributed by atoms with Crippen LogP contribution in [0.1, 0.15) is 18.9 Å². The molecule has 2 aromatic rings. The molecule has 0 spiro atoms. The summed E-state index contributed by atoms with van der Waals surface area (Å²) in [4.78, 5) is 31.3. The largest absolute Gasteiger partial charge is 0.497 e. The molecule has 0 radical (unpaired) electrons. The molecule has 0 aliphatic carbocycles. The van der Waals surface area contributed by atoms with Crippen molar-refractivity contribution in [3.05, 3.63) is 54.1 Å². The van der Waals surface area contributed by atoms with E-state index in [4.69, 9.17) is 9.47 Å². The SMILES string of the molecule is COc1ccc(CN2CCN(C(=O)CCN3C(=O)C(C)Oc4ccccc43)CC2)cc1. The van der Waals surface area contributed by atoms with E-state index in [0.29, 0.717) is 31.8 Å². The van der Waals surface area contributed by atoms with E-state index in [0.717, 1.165) is 31.1 Å². The predicted molar refractivity (Wildman–Crippen MR) is 118 cm³/mol. The average Bonchev–Trinajstić information content (AvgIpc) is 2.80. The van der Waals surface area contributed by atoms with E-state index in [2.05, 4.69) is 17.0 Å². The van der Waals surface area contributed by atoms with Crippen LogP contribution >= 0.6 is 0 Å². The van der Waals surface area contributed by atoms with Crippen molar-refractivity contribution in [3.63, 3.8) is 0 Å². The summed E-state index contributed by atoms with van der Waals surface area (Å²) in [7, 11) is 1.67. The van der Waals surface area contributed by atoms with Crippen LogP contribution in [0.25, 0.3) is 0 Å². The fraction of sp³-hybridized carbons (Fsp3) is 0.417. The fourth-order valence-electron chi connectivity index (χ4n) is 4.10. The first-order valence-corrected chi connectivity index (χ1v) is 10.8. The zero-order valence-electron chi connectivity index (χ0n) is 18.1. The van der Waals surface area contributed by atoms with Gasteiger partial charge in [0.05, 0.1) is 12.8 Å². The number of hydrogen-bond donors (Lipinski definition) is 0. The lowest BCUT2D eigenvalue weighted by molar-refractivity contribution is -0.133. The number of ether oxygens (including phenoxy) is 2. The van der Waals surface area contributed by atoms with E-state index in [1.807, 2.05) is 41.3 Å². The summed E-state index contributed by atoms with van der Waals surface area (Å²) in [6.07, 6.45) is -0.225. The third-order valence-corrected chi connectivity index (χ3v) is 5.91. The smallest absolute Gasteiger partial charge is 0.267 e. The normalized spacial score (nSPS) is 19.0. The second-order valence-electron chi connectivity index (χ2n) is 7.97. The van der Waals surface area contributed by atoms with Gasteiger partial charge < -0.3 is 19.3 Å². The van der Waals surface area contributed by atoms with Crippen molar-refractivity contribution in [2.45, 2.75) is 26.0 Å². The molecule has 2 heterocycles. The minimum Gasteiger partial charge on any atom is -0.497 e. The summed E-state index contributed by atoms with van der Waals surface area (Å²) >= 11 is 0. The van der Waals surface area contributed by atoms with Crippen LogP contribution in [0.3, 0.4) is 0 Å². The van der Waals surface area contributed by atoms with E-state index in [9.17, 15) is 9.59 Å². The van der Waals surface area contributed by atoms with Crippen LogP contribution in [0.4, 0.5) is 5.69 Å². The number of benzene rings is 2. The molecule has 164 valence electrons. The average molecular weight is 424 g/mol. The van der Waals surface area contributed by atoms with Crippen molar-refractivity contribution in [3.8, 4) is 11.5 Å². The lowest BCUT2D eigenvalue weighted by atomic mass is 10.1. The number of hydrogen-bond acceptors (Lipinski definition) is 5. The maximum atomic E-state index is 12.8. The van der Waals surface area contributed by atoms with E-state index in [1.165, 1.54) is 5.56 Å². The molecule has 0 saturated carbocycles. The van der Waals surface area contributed by atoms with Gasteiger partial charge in [0.25, 0.3) is 5.91 Å². The molecular formula is C24H29N3O4. The summed E-state index contributed by atoms with van der Waals surface area (Å²) in [5, 5.41) is 0. The summed E-state index contributed by atoms with van der Waals surface area (Å²) in [5.41, 5.74) is 1.97. The van der Waals surface area contributed by atoms with Crippen LogP contribution in [0.15, 0.2) is 48.5 Å². The molecule has 2 aromatic carbocycles. The van der Waals surface area contributed by atoms with Crippen LogP contribution in [-0.2, 0) is 16.1 Å². The highest BCUT2D eigenvalue weighted by Gasteiger charge is 2.32. The summed E-state index contributed by atoms with van der Waals surface area (Å²) in [6, 6.07) is 15.6. The van der Waals surface area contributed by atoms with Crippen LogP contribution < -0.4 is 14.4 Å². The third kappa shape index (κ3) is 4.82. The highest BCUT2D eigenvalue weighted by molar-refractivity contribution is 6.00. The lowest BCUT2D eigenvalue weighted by Crippen LogP contribution is -2.50. The van der Waals surface area contributed by atoms with Gasteiger partial charge in [0, 0.05) is 45.7 Å². The molecule has 1 fully saturated rings. The van der Waals surface area contributed by atoms with Crippen molar-refractivity contribution < 1.29 is 19.1 Å². The zero-order valence-corrected chi connectivity index (χ0v) is 18.1. The maximum absolute atomic E-state index is 12.8. The zero-order chi connectivity index (χ0) is 21.8. The van der Waals surface area contributed by atoms with E-state index >= 15 is 0 Å². The molecule has 2 aliphatic heterocycles. The minimum atomic E-state index is -0.536. The molecule has 7 heteroatoms. The topological polar surface area (TPSA) is 62.3 Å². The Kier molecular flexibility index (Phi) is 6.42. The molecular weight excluding hydrogens is 394 g/mol. The Labute approximate surface area is 183 Å². The van der Waals surface area contributed by atoms with Gasteiger partial charge in [-0.1, -0.05) is 24.3 Å². The second-order valence-corrected chi connectivity index (χ2v) is 7.97. The first kappa shape index (κ1) is 21.2. The van der Waals surface area contributed by atoms with Gasteiger partial charge in [-0.05, 0) is 36.8 Å². The number of methoxy groups -OCH3 is 1. The van der Waals surface area contributed by atoms with Gasteiger partial charge in [0.1, 0.15) is 11.5 Å². The summed E-state index contributed by atoms with van der Waals surface area (Å²) in [6.45, 7) is 6.08. The Bertz CT molecular complexity index is 923. The minimum absolute atomic E-state index is 0.0912. The molecule has 1 saturated heterocycles. The number of nitrogens with zero attached hydrogens (tertiary/aromatic N) is 3. The van der Waals surface area contributed by atoms with Gasteiger partial charge in [-0.2, -0.15) is 0 Å². The van der Waals surface area contributed by atoms with Gasteiger partial charge in [-0.15, -0.1) is 0 Å². The number of carbonyl (C=O) groups is 2. The van der Waals surface area contributed by atoms with Crippen LogP contribution in [0, 0.1) is 0 Å². The Morgan fingerprint density at radius 2 is 1.77 bits per heavy atom. The first-order valence-electron chi connectivity index (χ1n) is 10.8. The van der Waals surface area contributed by atoms with Gasteiger partial charge in [0.2, 0.25) is 5.91 Å². The summed E-state index contributed by atoms with van der Waals surface area (Å²) in [5.74, 6) is 1.54. The second kappa shape index (κ2) is 9.39. The number of para-hydroxylation sites is 2. The molecule has 2 aliphatic rings. The van der Waals surface area contributed by atoms with Crippen molar-refractivity contribution in [1.82, 2.24) is 9.80 Å². The third-order valence-electron chi connectivity index (χ3n) is 5.91. The first-order chi connectivity index (χ1) is 15.0. The Morgan fingerprint density at radius 1 is 1.06 bits per heavy atom. The molecule has 0 N–H and O–H groups in total. The van der Waals surface area contributed by atoms with Gasteiger partial charge in [-0.25, -0.2) is 0 Å². The lowest BCUT2D eigenvalue weighted by Gasteiger charge is -2.36. The summed E-state index contributed by atoms with van der Waals surface area (Å²) < 4.78 is 10.9. The molecule has 7 nitrogen and oxygen atoms in total. The van der Waals surface area contributed by atoms with Gasteiger partial charge in [-0.3, -0.25) is 14.5 Å². The Morgan fingerprint density at radius 3 is 2.48 bits per heavy atom. The van der Waals surface area contributed by atoms with Crippen molar-refractivity contribution >= 4 is 17.5 Å². The van der Waals surface area contributed by atoms with E-state index < -0.39 is 6.10 Å². The molecule has 0 bridgehead atoms. The number of fused-ring (bicyclic) bond motifs is 1. The number of carbonyl (C=O) groups excluding carboxylic acids is 2. The Hall–Kier alpha value is -3.06. The molecule has 4 rings (SSSR count). The molecule has 1 unspecified atom stereocenters. The molecule has 0 aromatic heterocycles. The van der Waals surface area contributed by atoms with Crippen LogP contribution in [0.2, 0.25) is 0 Å². The Balaban J connectivity index is 1.28. The quantitative estimate of drug-likeness (QED) is 0.715.